The number of nitrogens with zero attached hydrogens (tertiary/aromatic N) is 1. The lowest BCUT2D eigenvalue weighted by Gasteiger charge is -2.29. The summed E-state index contributed by atoms with van der Waals surface area (Å²) in [6, 6.07) is 0. The number of carbonyl (C=O) groups excluding carboxylic acids is 1. The summed E-state index contributed by atoms with van der Waals surface area (Å²) in [5, 5.41) is 19.2. The van der Waals surface area contributed by atoms with Crippen LogP contribution in [0.25, 0.3) is 0 Å². The number of carbonyl (C=O) groups is 1. The molecular formula is C14H23N3O3. The lowest BCUT2D eigenvalue weighted by Crippen LogP contribution is -2.50. The van der Waals surface area contributed by atoms with Gasteiger partial charge in [-0.1, -0.05) is 0 Å². The number of aliphatic hydroxyl groups is 1. The van der Waals surface area contributed by atoms with Crippen LogP contribution in [0.5, 0.6) is 0 Å². The Labute approximate surface area is 118 Å². The van der Waals surface area contributed by atoms with E-state index in [1.54, 1.807) is 7.11 Å². The summed E-state index contributed by atoms with van der Waals surface area (Å²) >= 11 is 0. The van der Waals surface area contributed by atoms with Gasteiger partial charge in [0, 0.05) is 25.0 Å². The van der Waals surface area contributed by atoms with Gasteiger partial charge in [0.25, 0.3) is 5.91 Å². The number of hydrogen-bond acceptors (Lipinski definition) is 4. The van der Waals surface area contributed by atoms with E-state index >= 15 is 0 Å². The van der Waals surface area contributed by atoms with E-state index in [0.29, 0.717) is 18.7 Å². The normalized spacial score (nSPS) is 17.4. The fraction of sp³-hybridized carbons (Fsp3) is 0.714. The number of aromatic nitrogens is 2. The molecule has 1 aliphatic rings. The Morgan fingerprint density at radius 3 is 2.95 bits per heavy atom. The summed E-state index contributed by atoms with van der Waals surface area (Å²) in [6.45, 7) is 2.22. The van der Waals surface area contributed by atoms with E-state index in [1.807, 2.05) is 6.92 Å². The quantitative estimate of drug-likeness (QED) is 0.720. The first kappa shape index (κ1) is 15.0. The maximum absolute atomic E-state index is 12.4. The number of H-pyrrole nitrogens is 1. The number of hydrogen-bond donors (Lipinski definition) is 3. The van der Waals surface area contributed by atoms with Crippen LogP contribution in [0.1, 0.15) is 47.9 Å². The summed E-state index contributed by atoms with van der Waals surface area (Å²) in [7, 11) is 1.58. The summed E-state index contributed by atoms with van der Waals surface area (Å²) in [4.78, 5) is 12.4. The van der Waals surface area contributed by atoms with Crippen molar-refractivity contribution < 1.29 is 14.6 Å². The molecule has 1 aliphatic carbocycles. The van der Waals surface area contributed by atoms with E-state index in [2.05, 4.69) is 15.5 Å². The SMILES string of the molecule is COCC(C)(CCO)NC(=O)c1n[nH]c2c1CCCC2. The maximum atomic E-state index is 12.4. The van der Waals surface area contributed by atoms with Crippen LogP contribution in [0, 0.1) is 0 Å². The van der Waals surface area contributed by atoms with E-state index in [1.165, 1.54) is 0 Å². The molecule has 0 aromatic carbocycles. The van der Waals surface area contributed by atoms with E-state index in [-0.39, 0.29) is 12.5 Å². The average Bonchev–Trinajstić information content (AvgIpc) is 2.82. The number of aromatic amines is 1. The van der Waals surface area contributed by atoms with Crippen LogP contribution in [0.4, 0.5) is 0 Å². The van der Waals surface area contributed by atoms with Crippen molar-refractivity contribution in [3.63, 3.8) is 0 Å². The number of fused-ring (bicyclic) bond motifs is 1. The molecule has 1 aromatic heterocycles. The average molecular weight is 281 g/mol. The van der Waals surface area contributed by atoms with Gasteiger partial charge < -0.3 is 15.2 Å². The van der Waals surface area contributed by atoms with Gasteiger partial charge in [-0.15, -0.1) is 0 Å². The molecule has 0 saturated heterocycles. The first-order chi connectivity index (χ1) is 9.59. The Morgan fingerprint density at radius 1 is 1.50 bits per heavy atom. The Morgan fingerprint density at radius 2 is 2.25 bits per heavy atom. The minimum absolute atomic E-state index is 0.00118. The van der Waals surface area contributed by atoms with Crippen molar-refractivity contribution in [2.24, 2.45) is 0 Å². The summed E-state index contributed by atoms with van der Waals surface area (Å²) < 4.78 is 5.14. The summed E-state index contributed by atoms with van der Waals surface area (Å²) in [5.74, 6) is -0.197. The minimum atomic E-state index is -0.582. The largest absolute Gasteiger partial charge is 0.396 e. The number of aryl methyl sites for hydroxylation is 1. The monoisotopic (exact) mass is 281 g/mol. The highest BCUT2D eigenvalue weighted by atomic mass is 16.5. The summed E-state index contributed by atoms with van der Waals surface area (Å²) in [5.41, 5.74) is 2.02. The second-order valence-corrected chi connectivity index (χ2v) is 5.66. The smallest absolute Gasteiger partial charge is 0.272 e. The molecule has 3 N–H and O–H groups in total. The van der Waals surface area contributed by atoms with Gasteiger partial charge in [-0.2, -0.15) is 5.10 Å². The van der Waals surface area contributed by atoms with Crippen molar-refractivity contribution >= 4 is 5.91 Å². The van der Waals surface area contributed by atoms with Crippen molar-refractivity contribution in [2.45, 2.75) is 44.6 Å². The van der Waals surface area contributed by atoms with Crippen molar-refractivity contribution in [3.05, 3.63) is 17.0 Å². The first-order valence-corrected chi connectivity index (χ1v) is 7.08. The molecule has 1 unspecified atom stereocenters. The molecular weight excluding hydrogens is 258 g/mol. The van der Waals surface area contributed by atoms with Crippen LogP contribution >= 0.6 is 0 Å². The number of rotatable bonds is 6. The van der Waals surface area contributed by atoms with Crippen LogP contribution in [0.3, 0.4) is 0 Å². The third-order valence-electron chi connectivity index (χ3n) is 3.81. The number of nitrogens with one attached hydrogen (secondary N) is 2. The second-order valence-electron chi connectivity index (χ2n) is 5.66. The molecule has 0 fully saturated rings. The molecule has 6 heteroatoms. The maximum Gasteiger partial charge on any atom is 0.272 e. The molecule has 112 valence electrons. The lowest BCUT2D eigenvalue weighted by atomic mass is 9.94. The number of aliphatic hydroxyl groups excluding tert-OH is 1. The predicted octanol–water partition coefficient (Wildman–Crippen LogP) is 0.806. The Hall–Kier alpha value is -1.40. The van der Waals surface area contributed by atoms with Gasteiger partial charge in [-0.25, -0.2) is 0 Å². The molecule has 6 nitrogen and oxygen atoms in total. The summed E-state index contributed by atoms with van der Waals surface area (Å²) in [6.07, 6.45) is 4.54. The highest BCUT2D eigenvalue weighted by Crippen LogP contribution is 2.22. The van der Waals surface area contributed by atoms with E-state index in [4.69, 9.17) is 9.84 Å². The predicted molar refractivity (Wildman–Crippen MR) is 74.7 cm³/mol. The molecule has 0 aliphatic heterocycles. The lowest BCUT2D eigenvalue weighted by molar-refractivity contribution is 0.0720. The minimum Gasteiger partial charge on any atom is -0.396 e. The van der Waals surface area contributed by atoms with Crippen LogP contribution in [0.15, 0.2) is 0 Å². The fourth-order valence-electron chi connectivity index (χ4n) is 2.74. The Kier molecular flexibility index (Phi) is 4.77. The molecule has 0 bridgehead atoms. The Balaban J connectivity index is 2.12. The molecule has 0 spiro atoms. The van der Waals surface area contributed by atoms with E-state index in [0.717, 1.165) is 36.9 Å². The molecule has 1 amide bonds. The molecule has 0 radical (unpaired) electrons. The molecule has 1 heterocycles. The van der Waals surface area contributed by atoms with Gasteiger partial charge in [-0.3, -0.25) is 9.89 Å². The standard InChI is InChI=1S/C14H23N3O3/c1-14(7-8-18,9-20-2)15-13(19)12-10-5-3-4-6-11(10)16-17-12/h18H,3-9H2,1-2H3,(H,15,19)(H,16,17). The first-order valence-electron chi connectivity index (χ1n) is 7.08. The Bertz CT molecular complexity index is 464. The van der Waals surface area contributed by atoms with Gasteiger partial charge in [0.1, 0.15) is 0 Å². The highest BCUT2D eigenvalue weighted by Gasteiger charge is 2.29. The van der Waals surface area contributed by atoms with Crippen LogP contribution in [-0.2, 0) is 17.6 Å². The van der Waals surface area contributed by atoms with Crippen molar-refractivity contribution in [1.29, 1.82) is 0 Å². The zero-order valence-electron chi connectivity index (χ0n) is 12.2. The van der Waals surface area contributed by atoms with Gasteiger partial charge in [0.15, 0.2) is 5.69 Å². The van der Waals surface area contributed by atoms with Crippen LogP contribution < -0.4 is 5.32 Å². The van der Waals surface area contributed by atoms with Crippen molar-refractivity contribution in [3.8, 4) is 0 Å². The zero-order chi connectivity index (χ0) is 14.6. The number of methoxy groups -OCH3 is 1. The van der Waals surface area contributed by atoms with Gasteiger partial charge in [0.05, 0.1) is 12.1 Å². The van der Waals surface area contributed by atoms with Crippen molar-refractivity contribution in [1.82, 2.24) is 15.5 Å². The third-order valence-corrected chi connectivity index (χ3v) is 3.81. The van der Waals surface area contributed by atoms with Crippen molar-refractivity contribution in [2.75, 3.05) is 20.3 Å². The topological polar surface area (TPSA) is 87.2 Å². The number of amides is 1. The molecule has 20 heavy (non-hydrogen) atoms. The van der Waals surface area contributed by atoms with Crippen LogP contribution in [-0.4, -0.2) is 47.1 Å². The van der Waals surface area contributed by atoms with E-state index < -0.39 is 5.54 Å². The second kappa shape index (κ2) is 6.37. The van der Waals surface area contributed by atoms with Gasteiger partial charge >= 0.3 is 0 Å². The van der Waals surface area contributed by atoms with Gasteiger partial charge in [0.2, 0.25) is 0 Å². The van der Waals surface area contributed by atoms with Crippen LogP contribution in [0.2, 0.25) is 0 Å². The van der Waals surface area contributed by atoms with Gasteiger partial charge in [-0.05, 0) is 39.0 Å². The highest BCUT2D eigenvalue weighted by molar-refractivity contribution is 5.94. The molecule has 2 rings (SSSR count). The molecule has 1 atom stereocenters. The molecule has 0 saturated carbocycles. The number of ether oxygens (including phenoxy) is 1. The molecule has 1 aromatic rings. The van der Waals surface area contributed by atoms with E-state index in [9.17, 15) is 4.79 Å². The zero-order valence-corrected chi connectivity index (χ0v) is 12.2. The third kappa shape index (κ3) is 3.19. The fourth-order valence-corrected chi connectivity index (χ4v) is 2.74.